The van der Waals surface area contributed by atoms with Crippen LogP contribution >= 0.6 is 27.7 Å². The van der Waals surface area contributed by atoms with Gasteiger partial charge in [-0.05, 0) is 49.1 Å². The van der Waals surface area contributed by atoms with E-state index in [9.17, 15) is 9.59 Å². The monoisotopic (exact) mass is 472 g/mol. The van der Waals surface area contributed by atoms with E-state index in [0.717, 1.165) is 26.6 Å². The van der Waals surface area contributed by atoms with Gasteiger partial charge in [0.2, 0.25) is 5.91 Å². The van der Waals surface area contributed by atoms with Crippen molar-refractivity contribution in [1.29, 1.82) is 0 Å². The van der Waals surface area contributed by atoms with Gasteiger partial charge < -0.3 is 10.6 Å². The van der Waals surface area contributed by atoms with Crippen molar-refractivity contribution in [1.82, 2.24) is 14.9 Å². The van der Waals surface area contributed by atoms with Crippen LogP contribution in [0, 0.1) is 6.92 Å². The molecule has 0 atom stereocenters. The number of rotatable bonds is 7. The number of halogens is 1. The Hall–Kier alpha value is -2.58. The summed E-state index contributed by atoms with van der Waals surface area (Å²) in [5.74, 6) is -0.368. The van der Waals surface area contributed by atoms with Gasteiger partial charge in [0.05, 0.1) is 0 Å². The van der Waals surface area contributed by atoms with Crippen molar-refractivity contribution < 1.29 is 9.59 Å². The summed E-state index contributed by atoms with van der Waals surface area (Å²) >= 11 is 4.93. The molecule has 29 heavy (non-hydrogen) atoms. The highest BCUT2D eigenvalue weighted by molar-refractivity contribution is 9.10. The molecular formula is C21H21BrN4O2S. The zero-order chi connectivity index (χ0) is 20.8. The highest BCUT2D eigenvalue weighted by Gasteiger charge is 2.10. The number of hydrogen-bond donors (Lipinski definition) is 2. The maximum absolute atomic E-state index is 12.5. The second kappa shape index (κ2) is 9.76. The maximum Gasteiger partial charge on any atom is 0.251 e. The number of benzene rings is 2. The summed E-state index contributed by atoms with van der Waals surface area (Å²) in [5, 5.41) is 6.52. The maximum atomic E-state index is 12.5. The number of carbonyl (C=O) groups excluding carboxylic acids is 2. The molecule has 0 aliphatic carbocycles. The number of nitrogens with zero attached hydrogens (tertiary/aromatic N) is 2. The van der Waals surface area contributed by atoms with Crippen LogP contribution in [0.1, 0.15) is 22.3 Å². The number of aromatic nitrogens is 2. The van der Waals surface area contributed by atoms with Crippen LogP contribution in [0.4, 0.5) is 5.69 Å². The fraction of sp³-hybridized carbons (Fsp3) is 0.190. The van der Waals surface area contributed by atoms with Crippen molar-refractivity contribution in [2.24, 2.45) is 0 Å². The molecule has 2 amide bonds. The van der Waals surface area contributed by atoms with Crippen LogP contribution in [0.2, 0.25) is 0 Å². The van der Waals surface area contributed by atoms with E-state index in [-0.39, 0.29) is 24.8 Å². The first-order valence-electron chi connectivity index (χ1n) is 9.00. The van der Waals surface area contributed by atoms with E-state index >= 15 is 0 Å². The number of hydrogen-bond acceptors (Lipinski definition) is 4. The Bertz CT molecular complexity index is 1040. The first-order valence-corrected chi connectivity index (χ1v) is 11.0. The fourth-order valence-corrected chi connectivity index (χ4v) is 3.66. The Kier molecular flexibility index (Phi) is 7.11. The Labute approximate surface area is 182 Å². The summed E-state index contributed by atoms with van der Waals surface area (Å²) in [6, 6.07) is 13.0. The van der Waals surface area contributed by atoms with Gasteiger partial charge in [-0.2, -0.15) is 0 Å². The van der Waals surface area contributed by atoms with Gasteiger partial charge in [0.25, 0.3) is 5.91 Å². The smallest absolute Gasteiger partial charge is 0.251 e. The van der Waals surface area contributed by atoms with Gasteiger partial charge in [-0.3, -0.25) is 14.2 Å². The Morgan fingerprint density at radius 1 is 1.21 bits per heavy atom. The topological polar surface area (TPSA) is 76.0 Å². The van der Waals surface area contributed by atoms with Gasteiger partial charge in [0.15, 0.2) is 5.16 Å². The number of anilines is 1. The van der Waals surface area contributed by atoms with E-state index in [2.05, 4.69) is 31.5 Å². The molecule has 3 rings (SSSR count). The molecule has 150 valence electrons. The third kappa shape index (κ3) is 5.48. The normalized spacial score (nSPS) is 10.6. The molecule has 0 fully saturated rings. The van der Waals surface area contributed by atoms with Crippen molar-refractivity contribution in [2.45, 2.75) is 18.5 Å². The molecule has 8 heteroatoms. The van der Waals surface area contributed by atoms with Crippen LogP contribution in [0.3, 0.4) is 0 Å². The molecule has 3 aromatic rings. The largest absolute Gasteiger partial charge is 0.352 e. The van der Waals surface area contributed by atoms with Crippen LogP contribution in [0.25, 0.3) is 5.69 Å². The van der Waals surface area contributed by atoms with Gasteiger partial charge >= 0.3 is 0 Å². The third-order valence-corrected chi connectivity index (χ3v) is 5.45. The van der Waals surface area contributed by atoms with Crippen LogP contribution in [-0.4, -0.2) is 34.2 Å². The van der Waals surface area contributed by atoms with Crippen LogP contribution in [0.15, 0.2) is 64.5 Å². The first-order chi connectivity index (χ1) is 14.0. The van der Waals surface area contributed by atoms with E-state index in [1.165, 1.54) is 11.8 Å². The van der Waals surface area contributed by atoms with E-state index in [1.807, 2.05) is 60.3 Å². The van der Waals surface area contributed by atoms with E-state index < -0.39 is 0 Å². The van der Waals surface area contributed by atoms with Gasteiger partial charge in [-0.15, -0.1) is 0 Å². The van der Waals surface area contributed by atoms with Crippen LogP contribution in [0.5, 0.6) is 0 Å². The lowest BCUT2D eigenvalue weighted by molar-refractivity contribution is -0.116. The molecule has 2 aromatic carbocycles. The van der Waals surface area contributed by atoms with Crippen molar-refractivity contribution in [3.8, 4) is 5.69 Å². The fourth-order valence-electron chi connectivity index (χ4n) is 2.77. The van der Waals surface area contributed by atoms with Crippen LogP contribution < -0.4 is 10.6 Å². The molecule has 1 aromatic heterocycles. The summed E-state index contributed by atoms with van der Waals surface area (Å²) < 4.78 is 2.82. The molecule has 0 aliphatic rings. The molecule has 0 spiro atoms. The van der Waals surface area contributed by atoms with Gasteiger partial charge in [0.1, 0.15) is 0 Å². The van der Waals surface area contributed by atoms with E-state index in [1.54, 1.807) is 12.3 Å². The molecule has 6 nitrogen and oxygen atoms in total. The minimum absolute atomic E-state index is 0.150. The predicted octanol–water partition coefficient (Wildman–Crippen LogP) is 4.42. The Morgan fingerprint density at radius 3 is 2.83 bits per heavy atom. The predicted molar refractivity (Wildman–Crippen MR) is 120 cm³/mol. The SMILES string of the molecule is CSc1nccn1-c1cccc(C(=O)NCCC(=O)Nc2cc(Br)ccc2C)c1. The molecule has 0 saturated heterocycles. The summed E-state index contributed by atoms with van der Waals surface area (Å²) in [6.45, 7) is 2.18. The quantitative estimate of drug-likeness (QED) is 0.498. The Balaban J connectivity index is 1.56. The zero-order valence-corrected chi connectivity index (χ0v) is 18.5. The first kappa shape index (κ1) is 21.1. The molecule has 0 radical (unpaired) electrons. The molecule has 0 aliphatic heterocycles. The molecular weight excluding hydrogens is 452 g/mol. The Morgan fingerprint density at radius 2 is 2.03 bits per heavy atom. The van der Waals surface area contributed by atoms with Crippen LogP contribution in [-0.2, 0) is 4.79 Å². The van der Waals surface area contributed by atoms with Gasteiger partial charge in [-0.25, -0.2) is 4.98 Å². The lowest BCUT2D eigenvalue weighted by Gasteiger charge is -2.10. The highest BCUT2D eigenvalue weighted by atomic mass is 79.9. The average molecular weight is 473 g/mol. The number of thioether (sulfide) groups is 1. The van der Waals surface area contributed by atoms with Crippen molar-refractivity contribution in [3.05, 3.63) is 70.5 Å². The lowest BCUT2D eigenvalue weighted by Crippen LogP contribution is -2.27. The summed E-state index contributed by atoms with van der Waals surface area (Å²) in [5.41, 5.74) is 3.13. The second-order valence-electron chi connectivity index (χ2n) is 6.35. The standard InChI is InChI=1S/C21H21BrN4O2S/c1-14-6-7-16(22)13-18(14)25-19(27)8-9-23-20(28)15-4-3-5-17(12-15)26-11-10-24-21(26)29-2/h3-7,10-13H,8-9H2,1-2H3,(H,23,28)(H,25,27). The minimum Gasteiger partial charge on any atom is -0.352 e. The molecule has 2 N–H and O–H groups in total. The number of aryl methyl sites for hydroxylation is 1. The van der Waals surface area contributed by atoms with E-state index in [0.29, 0.717) is 5.56 Å². The summed E-state index contributed by atoms with van der Waals surface area (Å²) in [4.78, 5) is 28.9. The van der Waals surface area contributed by atoms with Crippen molar-refractivity contribution in [3.63, 3.8) is 0 Å². The second-order valence-corrected chi connectivity index (χ2v) is 8.04. The molecule has 1 heterocycles. The summed E-state index contributed by atoms with van der Waals surface area (Å²) in [6.07, 6.45) is 5.73. The number of nitrogens with one attached hydrogen (secondary N) is 2. The zero-order valence-electron chi connectivity index (χ0n) is 16.1. The number of amides is 2. The van der Waals surface area contributed by atoms with Gasteiger partial charge in [0, 0.05) is 46.8 Å². The lowest BCUT2D eigenvalue weighted by atomic mass is 10.2. The minimum atomic E-state index is -0.218. The summed E-state index contributed by atoms with van der Waals surface area (Å²) in [7, 11) is 0. The average Bonchev–Trinajstić information content (AvgIpc) is 3.19. The molecule has 0 saturated carbocycles. The molecule has 0 unspecified atom stereocenters. The third-order valence-electron chi connectivity index (χ3n) is 4.29. The van der Waals surface area contributed by atoms with Crippen molar-refractivity contribution in [2.75, 3.05) is 18.1 Å². The van der Waals surface area contributed by atoms with Gasteiger partial charge in [-0.1, -0.05) is 39.8 Å². The van der Waals surface area contributed by atoms with Crippen molar-refractivity contribution >= 4 is 45.2 Å². The number of carbonyl (C=O) groups is 2. The highest BCUT2D eigenvalue weighted by Crippen LogP contribution is 2.21. The molecule has 0 bridgehead atoms. The van der Waals surface area contributed by atoms with E-state index in [4.69, 9.17) is 0 Å². The number of imidazole rings is 1.